The molecule has 1 aromatic carbocycles. The molecule has 0 amide bonds. The molecular formula is C14H22N2O3S. The van der Waals surface area contributed by atoms with Crippen molar-refractivity contribution in [3.8, 4) is 0 Å². The molecule has 5 nitrogen and oxygen atoms in total. The zero-order valence-corrected chi connectivity index (χ0v) is 12.8. The van der Waals surface area contributed by atoms with Crippen LogP contribution < -0.4 is 5.32 Å². The molecule has 0 spiro atoms. The SMILES string of the molecule is CCNC(C)c1cccc(S(=O)(=O)N2CCOCC2)c1. The van der Waals surface area contributed by atoms with Crippen molar-refractivity contribution in [1.82, 2.24) is 9.62 Å². The van der Waals surface area contributed by atoms with Gasteiger partial charge in [0.1, 0.15) is 0 Å². The van der Waals surface area contributed by atoms with Crippen LogP contribution in [0.4, 0.5) is 0 Å². The van der Waals surface area contributed by atoms with E-state index in [1.807, 2.05) is 19.9 Å². The van der Waals surface area contributed by atoms with E-state index >= 15 is 0 Å². The van der Waals surface area contributed by atoms with Gasteiger partial charge in [0.25, 0.3) is 0 Å². The van der Waals surface area contributed by atoms with Gasteiger partial charge in [0.15, 0.2) is 0 Å². The van der Waals surface area contributed by atoms with Gasteiger partial charge in [0, 0.05) is 19.1 Å². The zero-order chi connectivity index (χ0) is 14.6. The Hall–Kier alpha value is -0.950. The zero-order valence-electron chi connectivity index (χ0n) is 12.0. The number of ether oxygens (including phenoxy) is 1. The minimum absolute atomic E-state index is 0.139. The van der Waals surface area contributed by atoms with E-state index in [1.54, 1.807) is 18.2 Å². The molecule has 1 unspecified atom stereocenters. The van der Waals surface area contributed by atoms with Gasteiger partial charge in [-0.25, -0.2) is 8.42 Å². The minimum atomic E-state index is -3.41. The molecule has 1 atom stereocenters. The number of benzene rings is 1. The molecule has 2 rings (SSSR count). The third kappa shape index (κ3) is 3.38. The summed E-state index contributed by atoms with van der Waals surface area (Å²) in [6, 6.07) is 7.31. The van der Waals surface area contributed by atoms with E-state index in [1.165, 1.54) is 4.31 Å². The smallest absolute Gasteiger partial charge is 0.243 e. The predicted molar refractivity (Wildman–Crippen MR) is 78.1 cm³/mol. The van der Waals surface area contributed by atoms with Crippen molar-refractivity contribution in [2.75, 3.05) is 32.8 Å². The van der Waals surface area contributed by atoms with Crippen molar-refractivity contribution in [3.63, 3.8) is 0 Å². The summed E-state index contributed by atoms with van der Waals surface area (Å²) in [6.45, 7) is 6.69. The highest BCUT2D eigenvalue weighted by atomic mass is 32.2. The molecule has 20 heavy (non-hydrogen) atoms. The van der Waals surface area contributed by atoms with E-state index in [4.69, 9.17) is 4.74 Å². The number of nitrogens with one attached hydrogen (secondary N) is 1. The lowest BCUT2D eigenvalue weighted by atomic mass is 10.1. The maximum absolute atomic E-state index is 12.6. The van der Waals surface area contributed by atoms with Crippen LogP contribution in [-0.4, -0.2) is 45.6 Å². The van der Waals surface area contributed by atoms with E-state index in [2.05, 4.69) is 5.32 Å². The Morgan fingerprint density at radius 2 is 2.05 bits per heavy atom. The molecule has 6 heteroatoms. The van der Waals surface area contributed by atoms with Crippen LogP contribution in [0.15, 0.2) is 29.2 Å². The normalized spacial score (nSPS) is 18.9. The summed E-state index contributed by atoms with van der Waals surface area (Å²) in [5, 5.41) is 3.29. The van der Waals surface area contributed by atoms with Gasteiger partial charge in [0.05, 0.1) is 18.1 Å². The van der Waals surface area contributed by atoms with Gasteiger partial charge in [-0.2, -0.15) is 4.31 Å². The lowest BCUT2D eigenvalue weighted by Crippen LogP contribution is -2.40. The molecule has 0 aliphatic carbocycles. The summed E-state index contributed by atoms with van der Waals surface area (Å²) in [7, 11) is -3.41. The third-order valence-electron chi connectivity index (χ3n) is 3.48. The number of hydrogen-bond acceptors (Lipinski definition) is 4. The summed E-state index contributed by atoms with van der Waals surface area (Å²) in [5.74, 6) is 0. The molecule has 0 saturated carbocycles. The highest BCUT2D eigenvalue weighted by Crippen LogP contribution is 2.21. The lowest BCUT2D eigenvalue weighted by molar-refractivity contribution is 0.0730. The van der Waals surface area contributed by atoms with Crippen molar-refractivity contribution < 1.29 is 13.2 Å². The highest BCUT2D eigenvalue weighted by molar-refractivity contribution is 7.89. The molecule has 0 bridgehead atoms. The van der Waals surface area contributed by atoms with Gasteiger partial charge in [0.2, 0.25) is 10.0 Å². The first kappa shape index (κ1) is 15.4. The fraction of sp³-hybridized carbons (Fsp3) is 0.571. The monoisotopic (exact) mass is 298 g/mol. The van der Waals surface area contributed by atoms with Crippen LogP contribution in [0.3, 0.4) is 0 Å². The Labute approximate surface area is 121 Å². The Morgan fingerprint density at radius 3 is 2.70 bits per heavy atom. The molecule has 1 saturated heterocycles. The Bertz CT molecular complexity index is 539. The molecule has 1 N–H and O–H groups in total. The number of nitrogens with zero attached hydrogens (tertiary/aromatic N) is 1. The molecule has 1 aliphatic rings. The second kappa shape index (κ2) is 6.67. The van der Waals surface area contributed by atoms with Crippen molar-refractivity contribution in [2.24, 2.45) is 0 Å². The van der Waals surface area contributed by atoms with Gasteiger partial charge < -0.3 is 10.1 Å². The van der Waals surface area contributed by atoms with E-state index in [9.17, 15) is 8.42 Å². The van der Waals surface area contributed by atoms with Crippen LogP contribution in [0.1, 0.15) is 25.5 Å². The van der Waals surface area contributed by atoms with E-state index in [-0.39, 0.29) is 6.04 Å². The van der Waals surface area contributed by atoms with Crippen molar-refractivity contribution in [1.29, 1.82) is 0 Å². The predicted octanol–water partition coefficient (Wildman–Crippen LogP) is 1.38. The lowest BCUT2D eigenvalue weighted by Gasteiger charge is -2.26. The van der Waals surface area contributed by atoms with Crippen molar-refractivity contribution >= 4 is 10.0 Å². The average molecular weight is 298 g/mol. The molecule has 1 heterocycles. The van der Waals surface area contributed by atoms with Crippen molar-refractivity contribution in [2.45, 2.75) is 24.8 Å². The quantitative estimate of drug-likeness (QED) is 0.892. The number of morpholine rings is 1. The minimum Gasteiger partial charge on any atom is -0.379 e. The maximum atomic E-state index is 12.6. The van der Waals surface area contributed by atoms with Crippen molar-refractivity contribution in [3.05, 3.63) is 29.8 Å². The fourth-order valence-electron chi connectivity index (χ4n) is 2.30. The van der Waals surface area contributed by atoms with E-state index in [0.29, 0.717) is 31.2 Å². The molecule has 1 aliphatic heterocycles. The first-order chi connectivity index (χ1) is 9.55. The molecule has 1 aromatic rings. The third-order valence-corrected chi connectivity index (χ3v) is 5.37. The maximum Gasteiger partial charge on any atom is 0.243 e. The van der Waals surface area contributed by atoms with Gasteiger partial charge in [-0.3, -0.25) is 0 Å². The Balaban J connectivity index is 2.25. The summed E-state index contributed by atoms with van der Waals surface area (Å²) < 4.78 is 31.8. The topological polar surface area (TPSA) is 58.6 Å². The molecular weight excluding hydrogens is 276 g/mol. The summed E-state index contributed by atoms with van der Waals surface area (Å²) >= 11 is 0. The second-order valence-corrected chi connectivity index (χ2v) is 6.81. The van der Waals surface area contributed by atoms with Crippen LogP contribution in [0.2, 0.25) is 0 Å². The van der Waals surface area contributed by atoms with Gasteiger partial charge >= 0.3 is 0 Å². The van der Waals surface area contributed by atoms with Crippen LogP contribution >= 0.6 is 0 Å². The molecule has 0 aromatic heterocycles. The van der Waals surface area contributed by atoms with Crippen LogP contribution in [0, 0.1) is 0 Å². The standard InChI is InChI=1S/C14H22N2O3S/c1-3-15-12(2)13-5-4-6-14(11-13)20(17,18)16-7-9-19-10-8-16/h4-6,11-12,15H,3,7-10H2,1-2H3. The first-order valence-electron chi connectivity index (χ1n) is 6.97. The molecule has 0 radical (unpaired) electrons. The van der Waals surface area contributed by atoms with Crippen LogP contribution in [-0.2, 0) is 14.8 Å². The highest BCUT2D eigenvalue weighted by Gasteiger charge is 2.26. The largest absolute Gasteiger partial charge is 0.379 e. The Morgan fingerprint density at radius 1 is 1.35 bits per heavy atom. The Kier molecular flexibility index (Phi) is 5.15. The first-order valence-corrected chi connectivity index (χ1v) is 8.41. The average Bonchev–Trinajstić information content (AvgIpc) is 2.48. The number of rotatable bonds is 5. The summed E-state index contributed by atoms with van der Waals surface area (Å²) in [5.41, 5.74) is 0.987. The molecule has 1 fully saturated rings. The molecule has 112 valence electrons. The number of hydrogen-bond donors (Lipinski definition) is 1. The summed E-state index contributed by atoms with van der Waals surface area (Å²) in [4.78, 5) is 0.363. The second-order valence-electron chi connectivity index (χ2n) is 4.87. The van der Waals surface area contributed by atoms with Gasteiger partial charge in [-0.1, -0.05) is 19.1 Å². The van der Waals surface area contributed by atoms with Gasteiger partial charge in [-0.05, 0) is 31.2 Å². The van der Waals surface area contributed by atoms with E-state index in [0.717, 1.165) is 12.1 Å². The fourth-order valence-corrected chi connectivity index (χ4v) is 3.77. The van der Waals surface area contributed by atoms with Gasteiger partial charge in [-0.15, -0.1) is 0 Å². The van der Waals surface area contributed by atoms with Crippen LogP contribution in [0.25, 0.3) is 0 Å². The summed E-state index contributed by atoms with van der Waals surface area (Å²) in [6.07, 6.45) is 0. The van der Waals surface area contributed by atoms with Crippen LogP contribution in [0.5, 0.6) is 0 Å². The van der Waals surface area contributed by atoms with E-state index < -0.39 is 10.0 Å². The number of sulfonamides is 1.